The Hall–Kier alpha value is -3.53. The highest BCUT2D eigenvalue weighted by Crippen LogP contribution is 2.30. The summed E-state index contributed by atoms with van der Waals surface area (Å²) in [4.78, 5) is 6.51. The smallest absolute Gasteiger partial charge is 0.244 e. The Morgan fingerprint density at radius 1 is 1.00 bits per heavy atom. The third kappa shape index (κ3) is 6.06. The summed E-state index contributed by atoms with van der Waals surface area (Å²) in [5.41, 5.74) is 0.930. The molecule has 1 aromatic heterocycles. The molecule has 9 nitrogen and oxygen atoms in total. The molecule has 4 aromatic rings. The molecule has 1 aliphatic rings. The van der Waals surface area contributed by atoms with Crippen LogP contribution in [0.3, 0.4) is 0 Å². The molecule has 1 fully saturated rings. The lowest BCUT2D eigenvalue weighted by molar-refractivity contribution is 0.211. The first-order valence-corrected chi connectivity index (χ1v) is 14.7. The minimum atomic E-state index is -3.83. The van der Waals surface area contributed by atoms with Crippen molar-refractivity contribution in [3.63, 3.8) is 0 Å². The molecule has 1 N–H and O–H groups in total. The number of para-hydroxylation sites is 1. The van der Waals surface area contributed by atoms with Crippen LogP contribution in [0.2, 0.25) is 5.02 Å². The van der Waals surface area contributed by atoms with E-state index >= 15 is 0 Å². The van der Waals surface area contributed by atoms with Gasteiger partial charge < -0.3 is 14.7 Å². The third-order valence-electron chi connectivity index (χ3n) is 6.25. The Balaban J connectivity index is 1.24. The second kappa shape index (κ2) is 11.7. The van der Waals surface area contributed by atoms with Crippen molar-refractivity contribution in [3.8, 4) is 17.6 Å². The van der Waals surface area contributed by atoms with E-state index in [1.807, 2.05) is 41.3 Å². The number of ether oxygens (including phenoxy) is 1. The number of hydrogen-bond acceptors (Lipinski definition) is 9. The summed E-state index contributed by atoms with van der Waals surface area (Å²) in [6.45, 7) is 1.55. The lowest BCUT2D eigenvalue weighted by Crippen LogP contribution is -2.35. The molecule has 3 aromatic carbocycles. The summed E-state index contributed by atoms with van der Waals surface area (Å²) in [6, 6.07) is 22.7. The fraction of sp³-hybridized carbons (Fsp3) is 0.222. The second-order valence-electron chi connectivity index (χ2n) is 8.82. The molecule has 1 atom stereocenters. The summed E-state index contributed by atoms with van der Waals surface area (Å²) in [7, 11) is -3.83. The molecule has 39 heavy (non-hydrogen) atoms. The number of benzene rings is 3. The summed E-state index contributed by atoms with van der Waals surface area (Å²) in [5.74, 6) is 1.65. The van der Waals surface area contributed by atoms with Crippen molar-refractivity contribution in [3.05, 3.63) is 94.8 Å². The summed E-state index contributed by atoms with van der Waals surface area (Å²) in [6.07, 6.45) is -0.434. The molecular formula is C27H24ClN5O4S2. The maximum Gasteiger partial charge on any atom is 0.244 e. The van der Waals surface area contributed by atoms with Gasteiger partial charge in [0.05, 0.1) is 16.7 Å². The van der Waals surface area contributed by atoms with Crippen molar-refractivity contribution < 1.29 is 18.3 Å². The standard InChI is InChI=1S/C27H24ClN5O4S2/c28-23-17-19(18-29)7-12-24(23)39(35,36)33-14-4-13-32(15-16-33)27-30-26(31-38-27)25(34)20-8-10-22(11-9-20)37-21-5-2-1-3-6-21/h1-3,5-12,17,25,34H,4,13-16H2. The van der Waals surface area contributed by atoms with Crippen molar-refractivity contribution >= 4 is 38.3 Å². The average molecular weight is 582 g/mol. The molecule has 1 unspecified atom stereocenters. The van der Waals surface area contributed by atoms with E-state index in [2.05, 4.69) is 9.36 Å². The minimum Gasteiger partial charge on any atom is -0.457 e. The number of nitrogens with zero attached hydrogens (tertiary/aromatic N) is 5. The lowest BCUT2D eigenvalue weighted by Gasteiger charge is -2.21. The summed E-state index contributed by atoms with van der Waals surface area (Å²) < 4.78 is 38.1. The van der Waals surface area contributed by atoms with E-state index in [4.69, 9.17) is 21.6 Å². The first-order valence-electron chi connectivity index (χ1n) is 12.1. The second-order valence-corrected chi connectivity index (χ2v) is 11.9. The SMILES string of the molecule is N#Cc1ccc(S(=O)(=O)N2CCCN(c3nc(C(O)c4ccc(Oc5ccccc5)cc4)ns3)CC2)c(Cl)c1. The van der Waals surface area contributed by atoms with Gasteiger partial charge in [-0.05, 0) is 54.4 Å². The summed E-state index contributed by atoms with van der Waals surface area (Å²) >= 11 is 7.36. The number of aromatic nitrogens is 2. The van der Waals surface area contributed by atoms with Crippen molar-refractivity contribution in [2.24, 2.45) is 0 Å². The van der Waals surface area contributed by atoms with Gasteiger partial charge >= 0.3 is 0 Å². The molecule has 1 aliphatic heterocycles. The molecule has 0 radical (unpaired) electrons. The van der Waals surface area contributed by atoms with E-state index in [0.717, 1.165) is 5.75 Å². The highest BCUT2D eigenvalue weighted by atomic mass is 35.5. The predicted octanol–water partition coefficient (Wildman–Crippen LogP) is 4.84. The van der Waals surface area contributed by atoms with Crippen molar-refractivity contribution in [1.29, 1.82) is 5.26 Å². The zero-order valence-corrected chi connectivity index (χ0v) is 23.0. The number of sulfonamides is 1. The number of nitriles is 1. The van der Waals surface area contributed by atoms with Gasteiger partial charge in [-0.1, -0.05) is 41.9 Å². The van der Waals surface area contributed by atoms with Gasteiger partial charge in [0.15, 0.2) is 5.82 Å². The van der Waals surface area contributed by atoms with Gasteiger partial charge in [0.1, 0.15) is 22.5 Å². The minimum absolute atomic E-state index is 0.0156. The van der Waals surface area contributed by atoms with Gasteiger partial charge in [-0.15, -0.1) is 0 Å². The molecular weight excluding hydrogens is 558 g/mol. The van der Waals surface area contributed by atoms with Gasteiger partial charge in [-0.2, -0.15) is 13.9 Å². The molecule has 0 saturated carbocycles. The van der Waals surface area contributed by atoms with Crippen LogP contribution in [0.25, 0.3) is 0 Å². The van der Waals surface area contributed by atoms with E-state index in [9.17, 15) is 13.5 Å². The Morgan fingerprint density at radius 3 is 2.46 bits per heavy atom. The van der Waals surface area contributed by atoms with Gasteiger partial charge in [-0.3, -0.25) is 0 Å². The van der Waals surface area contributed by atoms with Crippen molar-refractivity contribution in [2.75, 3.05) is 31.1 Å². The number of hydrogen-bond donors (Lipinski definition) is 1. The Kier molecular flexibility index (Phi) is 8.11. The first-order chi connectivity index (χ1) is 18.8. The normalized spacial score (nSPS) is 15.4. The van der Waals surface area contributed by atoms with Crippen LogP contribution in [0.5, 0.6) is 11.5 Å². The molecule has 0 amide bonds. The number of aliphatic hydroxyl groups is 1. The van der Waals surface area contributed by atoms with Crippen LogP contribution >= 0.6 is 23.1 Å². The molecule has 1 saturated heterocycles. The highest BCUT2D eigenvalue weighted by Gasteiger charge is 2.30. The summed E-state index contributed by atoms with van der Waals surface area (Å²) in [5, 5.41) is 20.6. The fourth-order valence-corrected chi connectivity index (χ4v) is 6.94. The maximum absolute atomic E-state index is 13.3. The van der Waals surface area contributed by atoms with Crippen molar-refractivity contribution in [1.82, 2.24) is 13.7 Å². The molecule has 2 heterocycles. The Labute approximate surface area is 235 Å². The van der Waals surface area contributed by atoms with Crippen LogP contribution < -0.4 is 9.64 Å². The van der Waals surface area contributed by atoms with E-state index in [1.54, 1.807) is 24.3 Å². The number of rotatable bonds is 7. The van der Waals surface area contributed by atoms with E-state index in [1.165, 1.54) is 34.0 Å². The van der Waals surface area contributed by atoms with Crippen LogP contribution in [0, 0.1) is 11.3 Å². The molecule has 0 aliphatic carbocycles. The number of aliphatic hydroxyl groups excluding tert-OH is 1. The quantitative estimate of drug-likeness (QED) is 0.329. The largest absolute Gasteiger partial charge is 0.457 e. The molecule has 0 bridgehead atoms. The molecule has 0 spiro atoms. The van der Waals surface area contributed by atoms with Crippen LogP contribution in [-0.4, -0.2) is 53.4 Å². The molecule has 200 valence electrons. The predicted molar refractivity (Wildman–Crippen MR) is 149 cm³/mol. The molecule has 5 rings (SSSR count). The monoisotopic (exact) mass is 581 g/mol. The van der Waals surface area contributed by atoms with Crippen molar-refractivity contribution in [2.45, 2.75) is 17.4 Å². The van der Waals surface area contributed by atoms with Crippen LogP contribution in [0.15, 0.2) is 77.7 Å². The number of halogens is 1. The van der Waals surface area contributed by atoms with E-state index in [-0.39, 0.29) is 22.3 Å². The fourth-order valence-electron chi connectivity index (χ4n) is 4.20. The van der Waals surface area contributed by atoms with Crippen LogP contribution in [0.1, 0.15) is 29.5 Å². The Bertz CT molecular complexity index is 1590. The topological polar surface area (TPSA) is 120 Å². The maximum atomic E-state index is 13.3. The van der Waals surface area contributed by atoms with Crippen LogP contribution in [0.4, 0.5) is 5.13 Å². The van der Waals surface area contributed by atoms with Crippen LogP contribution in [-0.2, 0) is 10.0 Å². The first kappa shape index (κ1) is 27.1. The molecule has 12 heteroatoms. The van der Waals surface area contributed by atoms with Gasteiger partial charge in [0.2, 0.25) is 15.2 Å². The van der Waals surface area contributed by atoms with E-state index < -0.39 is 16.1 Å². The highest BCUT2D eigenvalue weighted by molar-refractivity contribution is 7.89. The lowest BCUT2D eigenvalue weighted by atomic mass is 10.1. The number of anilines is 1. The average Bonchev–Trinajstić information content (AvgIpc) is 3.30. The Morgan fingerprint density at radius 2 is 1.74 bits per heavy atom. The zero-order valence-electron chi connectivity index (χ0n) is 20.6. The third-order valence-corrected chi connectivity index (χ3v) is 9.43. The zero-order chi connectivity index (χ0) is 27.4. The van der Waals surface area contributed by atoms with Gasteiger partial charge in [-0.25, -0.2) is 13.4 Å². The van der Waals surface area contributed by atoms with Gasteiger partial charge in [0.25, 0.3) is 0 Å². The van der Waals surface area contributed by atoms with E-state index in [0.29, 0.717) is 48.1 Å². The van der Waals surface area contributed by atoms with Gasteiger partial charge in [0, 0.05) is 37.7 Å².